The molecule has 0 saturated heterocycles. The van der Waals surface area contributed by atoms with Gasteiger partial charge >= 0.3 is 0 Å². The molecule has 2 aromatic carbocycles. The van der Waals surface area contributed by atoms with E-state index in [4.69, 9.17) is 16.3 Å². The molecular formula is C25H25ClN6O3. The fourth-order valence-electron chi connectivity index (χ4n) is 3.37. The van der Waals surface area contributed by atoms with Gasteiger partial charge in [-0.25, -0.2) is 4.99 Å². The summed E-state index contributed by atoms with van der Waals surface area (Å²) in [7, 11) is 0. The molecule has 0 fully saturated rings. The Morgan fingerprint density at radius 3 is 2.49 bits per heavy atom. The first-order valence-electron chi connectivity index (χ1n) is 11.2. The molecule has 1 aliphatic heterocycles. The van der Waals surface area contributed by atoms with Crippen LogP contribution in [0, 0.1) is 6.92 Å². The van der Waals surface area contributed by atoms with Crippen LogP contribution in [0.1, 0.15) is 24.6 Å². The quantitative estimate of drug-likeness (QED) is 0.517. The average Bonchev–Trinajstić information content (AvgIpc) is 2.86. The molecule has 10 heteroatoms. The van der Waals surface area contributed by atoms with Gasteiger partial charge in [-0.1, -0.05) is 30.7 Å². The number of guanidine groups is 1. The third-order valence-electron chi connectivity index (χ3n) is 5.26. The highest BCUT2D eigenvalue weighted by Crippen LogP contribution is 2.22. The molecule has 2 heterocycles. The maximum absolute atomic E-state index is 13.3. The molecule has 0 radical (unpaired) electrons. The Morgan fingerprint density at radius 1 is 1.09 bits per heavy atom. The molecule has 1 atom stereocenters. The summed E-state index contributed by atoms with van der Waals surface area (Å²) in [5.74, 6) is 0.945. The molecule has 4 rings (SSSR count). The number of aliphatic imine (C=N–C) groups is 1. The van der Waals surface area contributed by atoms with E-state index in [1.165, 1.54) is 4.90 Å². The van der Waals surface area contributed by atoms with Gasteiger partial charge in [0, 0.05) is 23.2 Å². The van der Waals surface area contributed by atoms with Gasteiger partial charge in [0.1, 0.15) is 11.8 Å². The van der Waals surface area contributed by atoms with Crippen LogP contribution in [0.2, 0.25) is 5.02 Å². The Bertz CT molecular complexity index is 1210. The fraction of sp³-hybridized carbons (Fsp3) is 0.240. The molecule has 35 heavy (non-hydrogen) atoms. The van der Waals surface area contributed by atoms with Crippen molar-refractivity contribution in [1.82, 2.24) is 20.4 Å². The molecule has 0 bridgehead atoms. The predicted octanol–water partition coefficient (Wildman–Crippen LogP) is 3.94. The molecule has 0 aliphatic carbocycles. The predicted molar refractivity (Wildman–Crippen MR) is 133 cm³/mol. The van der Waals surface area contributed by atoms with Gasteiger partial charge in [-0.2, -0.15) is 5.10 Å². The van der Waals surface area contributed by atoms with Crippen LogP contribution in [-0.4, -0.2) is 45.5 Å². The summed E-state index contributed by atoms with van der Waals surface area (Å²) < 4.78 is 5.72. The molecule has 2 amide bonds. The number of rotatable bonds is 7. The van der Waals surface area contributed by atoms with Crippen molar-refractivity contribution in [1.29, 1.82) is 0 Å². The molecular weight excluding hydrogens is 468 g/mol. The summed E-state index contributed by atoms with van der Waals surface area (Å²) >= 11 is 6.00. The van der Waals surface area contributed by atoms with Crippen LogP contribution >= 0.6 is 11.6 Å². The van der Waals surface area contributed by atoms with Gasteiger partial charge in [-0.05, 0) is 55.0 Å². The van der Waals surface area contributed by atoms with E-state index in [0.717, 1.165) is 16.9 Å². The molecule has 2 N–H and O–H groups in total. The number of nitrogens with zero attached hydrogens (tertiary/aromatic N) is 4. The first-order chi connectivity index (χ1) is 16.9. The van der Waals surface area contributed by atoms with E-state index < -0.39 is 6.04 Å². The van der Waals surface area contributed by atoms with E-state index in [1.54, 1.807) is 37.3 Å². The minimum Gasteiger partial charge on any atom is -0.438 e. The van der Waals surface area contributed by atoms with Gasteiger partial charge in [-0.3, -0.25) is 14.5 Å². The van der Waals surface area contributed by atoms with Gasteiger partial charge in [0.15, 0.2) is 0 Å². The molecule has 0 spiro atoms. The summed E-state index contributed by atoms with van der Waals surface area (Å²) in [5.41, 5.74) is 2.40. The lowest BCUT2D eigenvalue weighted by molar-refractivity contribution is -0.133. The lowest BCUT2D eigenvalue weighted by Gasteiger charge is -2.32. The number of halogens is 1. The van der Waals surface area contributed by atoms with Crippen LogP contribution in [0.5, 0.6) is 11.6 Å². The highest BCUT2D eigenvalue weighted by atomic mass is 35.5. The molecule has 180 valence electrons. The second kappa shape index (κ2) is 11.0. The van der Waals surface area contributed by atoms with Crippen molar-refractivity contribution in [2.45, 2.75) is 32.9 Å². The highest BCUT2D eigenvalue weighted by Gasteiger charge is 2.33. The summed E-state index contributed by atoms with van der Waals surface area (Å²) in [4.78, 5) is 31.2. The zero-order valence-electron chi connectivity index (χ0n) is 19.4. The molecule has 1 aromatic heterocycles. The van der Waals surface area contributed by atoms with E-state index in [0.29, 0.717) is 29.0 Å². The van der Waals surface area contributed by atoms with Gasteiger partial charge in [0.05, 0.1) is 18.8 Å². The Hall–Kier alpha value is -3.98. The zero-order chi connectivity index (χ0) is 24.8. The molecule has 3 aromatic rings. The lowest BCUT2D eigenvalue weighted by atomic mass is 10.1. The SMILES string of the molecule is CCC(=O)NC1CN=C(Nc2ccc(Oc3ccc(C)nn3)cc2)N(Cc2ccc(Cl)cc2)C1=O. The van der Waals surface area contributed by atoms with E-state index in [-0.39, 0.29) is 24.9 Å². The Morgan fingerprint density at radius 2 is 1.83 bits per heavy atom. The van der Waals surface area contributed by atoms with Crippen LogP contribution in [-0.2, 0) is 16.1 Å². The van der Waals surface area contributed by atoms with Crippen LogP contribution < -0.4 is 15.4 Å². The van der Waals surface area contributed by atoms with E-state index in [2.05, 4.69) is 25.8 Å². The van der Waals surface area contributed by atoms with Gasteiger partial charge in [0.2, 0.25) is 17.7 Å². The summed E-state index contributed by atoms with van der Waals surface area (Å²) in [6.07, 6.45) is 0.290. The monoisotopic (exact) mass is 492 g/mol. The normalized spacial score (nSPS) is 15.4. The van der Waals surface area contributed by atoms with Gasteiger partial charge in [-0.15, -0.1) is 5.10 Å². The van der Waals surface area contributed by atoms with E-state index >= 15 is 0 Å². The number of carbonyl (C=O) groups is 2. The van der Waals surface area contributed by atoms with E-state index in [1.807, 2.05) is 37.3 Å². The first-order valence-corrected chi connectivity index (χ1v) is 11.5. The summed E-state index contributed by atoms with van der Waals surface area (Å²) in [6, 6.07) is 17.3. The Balaban J connectivity index is 1.50. The van der Waals surface area contributed by atoms with Crippen molar-refractivity contribution < 1.29 is 14.3 Å². The molecule has 1 unspecified atom stereocenters. The van der Waals surface area contributed by atoms with Crippen molar-refractivity contribution in [3.63, 3.8) is 0 Å². The maximum Gasteiger partial charge on any atom is 0.254 e. The maximum atomic E-state index is 13.3. The van der Waals surface area contributed by atoms with Crippen molar-refractivity contribution >= 4 is 35.1 Å². The first kappa shape index (κ1) is 24.2. The van der Waals surface area contributed by atoms with Crippen LogP contribution in [0.4, 0.5) is 5.69 Å². The number of nitrogens with one attached hydrogen (secondary N) is 2. The van der Waals surface area contributed by atoms with Crippen LogP contribution in [0.25, 0.3) is 0 Å². The minimum absolute atomic E-state index is 0.150. The van der Waals surface area contributed by atoms with Crippen molar-refractivity contribution in [2.24, 2.45) is 4.99 Å². The highest BCUT2D eigenvalue weighted by molar-refractivity contribution is 6.30. The number of hydrogen-bond acceptors (Lipinski definition) is 7. The number of aromatic nitrogens is 2. The van der Waals surface area contributed by atoms with E-state index in [9.17, 15) is 9.59 Å². The standard InChI is InChI=1S/C25H25ClN6O3/c1-3-22(33)29-21-14-27-25(32(24(21)34)15-17-5-7-18(26)8-6-17)28-19-9-11-20(12-10-19)35-23-13-4-16(2)30-31-23/h4-13,21H,3,14-15H2,1-2H3,(H,27,28)(H,29,33). The average molecular weight is 493 g/mol. The largest absolute Gasteiger partial charge is 0.438 e. The number of carbonyl (C=O) groups excluding carboxylic acids is 2. The smallest absolute Gasteiger partial charge is 0.254 e. The Labute approximate surface area is 208 Å². The number of ether oxygens (including phenoxy) is 1. The second-order valence-corrected chi connectivity index (χ2v) is 8.39. The van der Waals surface area contributed by atoms with Crippen molar-refractivity contribution in [2.75, 3.05) is 11.9 Å². The Kier molecular flexibility index (Phi) is 7.57. The fourth-order valence-corrected chi connectivity index (χ4v) is 3.49. The number of anilines is 1. The summed E-state index contributed by atoms with van der Waals surface area (Å²) in [6.45, 7) is 4.01. The topological polar surface area (TPSA) is 109 Å². The number of aryl methyl sites for hydroxylation is 1. The third kappa shape index (κ3) is 6.33. The number of benzene rings is 2. The number of hydrogen-bond donors (Lipinski definition) is 2. The van der Waals surface area contributed by atoms with Crippen LogP contribution in [0.3, 0.4) is 0 Å². The van der Waals surface area contributed by atoms with Crippen LogP contribution in [0.15, 0.2) is 65.7 Å². The molecule has 1 aliphatic rings. The zero-order valence-corrected chi connectivity index (χ0v) is 20.1. The van der Waals surface area contributed by atoms with Gasteiger partial charge < -0.3 is 15.4 Å². The summed E-state index contributed by atoms with van der Waals surface area (Å²) in [5, 5.41) is 14.5. The molecule has 0 saturated carbocycles. The lowest BCUT2D eigenvalue weighted by Crippen LogP contribution is -2.56. The van der Waals surface area contributed by atoms with Crippen molar-refractivity contribution in [3.05, 3.63) is 76.9 Å². The van der Waals surface area contributed by atoms with Crippen molar-refractivity contribution in [3.8, 4) is 11.6 Å². The van der Waals surface area contributed by atoms with Gasteiger partial charge in [0.25, 0.3) is 5.91 Å². The second-order valence-electron chi connectivity index (χ2n) is 7.95. The number of amides is 2. The third-order valence-corrected chi connectivity index (χ3v) is 5.51. The minimum atomic E-state index is -0.716. The molecule has 9 nitrogen and oxygen atoms in total.